The summed E-state index contributed by atoms with van der Waals surface area (Å²) in [4.78, 5) is 2.67. The van der Waals surface area contributed by atoms with E-state index in [1.54, 1.807) is 0 Å². The van der Waals surface area contributed by atoms with Crippen LogP contribution in [0.2, 0.25) is 0 Å². The van der Waals surface area contributed by atoms with Gasteiger partial charge in [-0.1, -0.05) is 19.8 Å². The minimum Gasteiger partial charge on any atom is -0.394 e. The van der Waals surface area contributed by atoms with Crippen LogP contribution in [0.1, 0.15) is 58.3 Å². The molecular weight excluding hydrogens is 224 g/mol. The summed E-state index contributed by atoms with van der Waals surface area (Å²) in [6.07, 6.45) is 9.98. The summed E-state index contributed by atoms with van der Waals surface area (Å²) in [5.41, 5.74) is 6.04. The molecule has 3 N–H and O–H groups in total. The summed E-state index contributed by atoms with van der Waals surface area (Å²) in [5, 5.41) is 9.49. The molecule has 2 fully saturated rings. The highest BCUT2D eigenvalue weighted by molar-refractivity contribution is 4.96. The lowest BCUT2D eigenvalue weighted by Gasteiger charge is -2.37. The van der Waals surface area contributed by atoms with E-state index in [1.807, 2.05) is 0 Å². The highest BCUT2D eigenvalue weighted by Crippen LogP contribution is 2.36. The smallest absolute Gasteiger partial charge is 0.0613 e. The quantitative estimate of drug-likeness (QED) is 0.790. The Morgan fingerprint density at radius 1 is 1.28 bits per heavy atom. The van der Waals surface area contributed by atoms with Gasteiger partial charge in [-0.2, -0.15) is 0 Å². The molecule has 1 aliphatic heterocycles. The van der Waals surface area contributed by atoms with E-state index in [0.29, 0.717) is 5.92 Å². The number of nitrogens with two attached hydrogens (primary N) is 1. The van der Waals surface area contributed by atoms with Gasteiger partial charge in [-0.05, 0) is 57.5 Å². The normalized spacial score (nSPS) is 38.2. The molecule has 0 radical (unpaired) electrons. The third-order valence-corrected chi connectivity index (χ3v) is 5.29. The molecule has 1 heterocycles. The maximum absolute atomic E-state index is 9.49. The molecule has 2 aliphatic rings. The molecule has 0 spiro atoms. The zero-order chi connectivity index (χ0) is 13.0. The van der Waals surface area contributed by atoms with E-state index in [2.05, 4.69) is 11.8 Å². The van der Waals surface area contributed by atoms with Crippen LogP contribution >= 0.6 is 0 Å². The van der Waals surface area contributed by atoms with Gasteiger partial charge in [-0.15, -0.1) is 0 Å². The average Bonchev–Trinajstić information content (AvgIpc) is 2.79. The number of rotatable bonds is 5. The molecule has 1 aliphatic carbocycles. The van der Waals surface area contributed by atoms with Crippen LogP contribution in [0.4, 0.5) is 0 Å². The van der Waals surface area contributed by atoms with Crippen molar-refractivity contribution in [2.24, 2.45) is 11.7 Å². The van der Waals surface area contributed by atoms with Crippen molar-refractivity contribution in [1.29, 1.82) is 0 Å². The number of aliphatic hydroxyl groups excluding tert-OH is 1. The van der Waals surface area contributed by atoms with E-state index in [9.17, 15) is 5.11 Å². The Balaban J connectivity index is 1.83. The second-order valence-electron chi connectivity index (χ2n) is 6.36. The summed E-state index contributed by atoms with van der Waals surface area (Å²) in [5.74, 6) is 0.530. The number of hydrogen-bond donors (Lipinski definition) is 2. The van der Waals surface area contributed by atoms with Crippen LogP contribution in [0.15, 0.2) is 0 Å². The van der Waals surface area contributed by atoms with E-state index in [0.717, 1.165) is 12.5 Å². The average molecular weight is 254 g/mol. The van der Waals surface area contributed by atoms with Crippen molar-refractivity contribution in [2.45, 2.75) is 69.9 Å². The molecule has 106 valence electrons. The van der Waals surface area contributed by atoms with E-state index >= 15 is 0 Å². The first kappa shape index (κ1) is 14.3. The van der Waals surface area contributed by atoms with Crippen LogP contribution in [-0.4, -0.2) is 41.3 Å². The van der Waals surface area contributed by atoms with Crippen molar-refractivity contribution >= 4 is 0 Å². The molecule has 3 heteroatoms. The molecule has 18 heavy (non-hydrogen) atoms. The summed E-state index contributed by atoms with van der Waals surface area (Å²) in [6.45, 7) is 4.92. The molecule has 0 aromatic rings. The van der Waals surface area contributed by atoms with E-state index in [4.69, 9.17) is 5.73 Å². The Labute approximate surface area is 112 Å². The van der Waals surface area contributed by atoms with Gasteiger partial charge < -0.3 is 15.7 Å². The fourth-order valence-electron chi connectivity index (χ4n) is 3.95. The fraction of sp³-hybridized carbons (Fsp3) is 1.00. The Bertz CT molecular complexity index is 259. The molecule has 0 aromatic heterocycles. The van der Waals surface area contributed by atoms with E-state index in [1.165, 1.54) is 58.0 Å². The van der Waals surface area contributed by atoms with Crippen molar-refractivity contribution in [3.8, 4) is 0 Å². The van der Waals surface area contributed by atoms with Crippen LogP contribution in [0.3, 0.4) is 0 Å². The number of nitrogens with zero attached hydrogens (tertiary/aromatic N) is 1. The molecule has 0 amide bonds. The Kier molecular flexibility index (Phi) is 5.05. The maximum atomic E-state index is 9.49. The SMILES string of the molecule is CCC1CCCCN1CCC1CCCC1(N)CO. The van der Waals surface area contributed by atoms with Gasteiger partial charge in [0.15, 0.2) is 0 Å². The number of likely N-dealkylation sites (tertiary alicyclic amines) is 1. The van der Waals surface area contributed by atoms with Crippen LogP contribution in [0.5, 0.6) is 0 Å². The lowest BCUT2D eigenvalue weighted by Crippen LogP contribution is -2.48. The largest absolute Gasteiger partial charge is 0.394 e. The summed E-state index contributed by atoms with van der Waals surface area (Å²) in [6, 6.07) is 0.793. The fourth-order valence-corrected chi connectivity index (χ4v) is 3.95. The Morgan fingerprint density at radius 2 is 2.11 bits per heavy atom. The van der Waals surface area contributed by atoms with Crippen molar-refractivity contribution in [3.05, 3.63) is 0 Å². The Morgan fingerprint density at radius 3 is 2.83 bits per heavy atom. The molecule has 0 aromatic carbocycles. The predicted octanol–water partition coefficient (Wildman–Crippen LogP) is 2.13. The van der Waals surface area contributed by atoms with Gasteiger partial charge >= 0.3 is 0 Å². The van der Waals surface area contributed by atoms with Crippen molar-refractivity contribution in [3.63, 3.8) is 0 Å². The van der Waals surface area contributed by atoms with Gasteiger partial charge in [0.25, 0.3) is 0 Å². The summed E-state index contributed by atoms with van der Waals surface area (Å²) in [7, 11) is 0. The Hall–Kier alpha value is -0.120. The van der Waals surface area contributed by atoms with Gasteiger partial charge in [-0.25, -0.2) is 0 Å². The number of hydrogen-bond acceptors (Lipinski definition) is 3. The minimum atomic E-state index is -0.280. The third-order valence-electron chi connectivity index (χ3n) is 5.29. The van der Waals surface area contributed by atoms with Gasteiger partial charge in [0.1, 0.15) is 0 Å². The molecular formula is C15H30N2O. The lowest BCUT2D eigenvalue weighted by molar-refractivity contribution is 0.111. The van der Waals surface area contributed by atoms with Gasteiger partial charge in [-0.3, -0.25) is 0 Å². The molecule has 1 saturated carbocycles. The van der Waals surface area contributed by atoms with Gasteiger partial charge in [0.05, 0.1) is 6.61 Å². The van der Waals surface area contributed by atoms with Crippen LogP contribution in [0.25, 0.3) is 0 Å². The van der Waals surface area contributed by atoms with Crippen molar-refractivity contribution < 1.29 is 5.11 Å². The highest BCUT2D eigenvalue weighted by Gasteiger charge is 2.38. The second kappa shape index (κ2) is 6.36. The predicted molar refractivity (Wildman–Crippen MR) is 75.5 cm³/mol. The highest BCUT2D eigenvalue weighted by atomic mass is 16.3. The van der Waals surface area contributed by atoms with E-state index < -0.39 is 0 Å². The lowest BCUT2D eigenvalue weighted by atomic mass is 9.86. The molecule has 3 atom stereocenters. The topological polar surface area (TPSA) is 49.5 Å². The zero-order valence-corrected chi connectivity index (χ0v) is 11.9. The first-order valence-corrected chi connectivity index (χ1v) is 7.83. The second-order valence-corrected chi connectivity index (χ2v) is 6.36. The summed E-state index contributed by atoms with van der Waals surface area (Å²) < 4.78 is 0. The maximum Gasteiger partial charge on any atom is 0.0613 e. The van der Waals surface area contributed by atoms with Crippen LogP contribution in [-0.2, 0) is 0 Å². The monoisotopic (exact) mass is 254 g/mol. The van der Waals surface area contributed by atoms with Gasteiger partial charge in [0, 0.05) is 11.6 Å². The zero-order valence-electron chi connectivity index (χ0n) is 11.9. The number of aliphatic hydroxyl groups is 1. The standard InChI is InChI=1S/C15H30N2O/c1-2-14-7-3-4-10-17(14)11-8-13-6-5-9-15(13,16)12-18/h13-14,18H,2-12,16H2,1H3. The van der Waals surface area contributed by atoms with Crippen LogP contribution < -0.4 is 5.73 Å². The third kappa shape index (κ3) is 3.06. The summed E-state index contributed by atoms with van der Waals surface area (Å²) >= 11 is 0. The van der Waals surface area contributed by atoms with Gasteiger partial charge in [0.2, 0.25) is 0 Å². The first-order chi connectivity index (χ1) is 8.69. The first-order valence-electron chi connectivity index (χ1n) is 7.83. The minimum absolute atomic E-state index is 0.162. The van der Waals surface area contributed by atoms with Crippen molar-refractivity contribution in [1.82, 2.24) is 4.90 Å². The van der Waals surface area contributed by atoms with Crippen molar-refractivity contribution in [2.75, 3.05) is 19.7 Å². The van der Waals surface area contributed by atoms with E-state index in [-0.39, 0.29) is 12.1 Å². The number of piperidine rings is 1. The molecule has 3 unspecified atom stereocenters. The molecule has 3 nitrogen and oxygen atoms in total. The molecule has 1 saturated heterocycles. The molecule has 0 bridgehead atoms. The van der Waals surface area contributed by atoms with Crippen LogP contribution in [0, 0.1) is 5.92 Å². The molecule has 2 rings (SSSR count).